The average Bonchev–Trinajstić information content (AvgIpc) is 2.77. The van der Waals surface area contributed by atoms with E-state index >= 15 is 0 Å². The van der Waals surface area contributed by atoms with Gasteiger partial charge in [-0.3, -0.25) is 0 Å². The average molecular weight is 265 g/mol. The van der Waals surface area contributed by atoms with Gasteiger partial charge in [-0.05, 0) is 23.3 Å². The number of halogens is 1. The van der Waals surface area contributed by atoms with Crippen molar-refractivity contribution < 1.29 is 0 Å². The minimum absolute atomic E-state index is 0.438. The summed E-state index contributed by atoms with van der Waals surface area (Å²) in [7, 11) is 0. The van der Waals surface area contributed by atoms with Crippen molar-refractivity contribution in [2.75, 3.05) is 0 Å². The maximum Gasteiger partial charge on any atom is 0.177 e. The van der Waals surface area contributed by atoms with Crippen LogP contribution in [0.4, 0.5) is 0 Å². The van der Waals surface area contributed by atoms with Gasteiger partial charge < -0.3 is 0 Å². The van der Waals surface area contributed by atoms with Crippen LogP contribution in [0, 0.1) is 0 Å². The van der Waals surface area contributed by atoms with Crippen molar-refractivity contribution in [1.29, 1.82) is 0 Å². The molecule has 2 heterocycles. The summed E-state index contributed by atoms with van der Waals surface area (Å²) in [5, 5.41) is 1.14. The third-order valence-corrected chi connectivity index (χ3v) is 4.26. The van der Waals surface area contributed by atoms with E-state index in [1.807, 2.05) is 6.92 Å². The highest BCUT2D eigenvalue weighted by Gasteiger charge is 2.10. The molecule has 0 aliphatic carbocycles. The molecule has 0 saturated carbocycles. The first kappa shape index (κ1) is 10.3. The standard InChI is InChI=1S/C6H5ClN4S3/c1-2-3-8-6(13-9-3)12-5-4(7)10-14-11-5/h2H2,1H3. The molecule has 0 radical (unpaired) electrons. The largest absolute Gasteiger partial charge is 0.213 e. The molecule has 0 saturated heterocycles. The van der Waals surface area contributed by atoms with Crippen molar-refractivity contribution in [2.24, 2.45) is 0 Å². The Hall–Kier alpha value is -0.240. The van der Waals surface area contributed by atoms with Crippen LogP contribution in [0.1, 0.15) is 12.7 Å². The second-order valence-corrected chi connectivity index (χ2v) is 5.17. The van der Waals surface area contributed by atoms with Gasteiger partial charge in [0, 0.05) is 6.42 Å². The third kappa shape index (κ3) is 2.22. The molecule has 74 valence electrons. The van der Waals surface area contributed by atoms with E-state index in [-0.39, 0.29) is 0 Å². The molecule has 0 N–H and O–H groups in total. The zero-order valence-electron chi connectivity index (χ0n) is 7.10. The van der Waals surface area contributed by atoms with Gasteiger partial charge in [-0.15, -0.1) is 0 Å². The van der Waals surface area contributed by atoms with Gasteiger partial charge in [0.1, 0.15) is 5.82 Å². The summed E-state index contributed by atoms with van der Waals surface area (Å²) in [5.41, 5.74) is 0. The van der Waals surface area contributed by atoms with E-state index in [2.05, 4.69) is 18.1 Å². The highest BCUT2D eigenvalue weighted by atomic mass is 35.5. The van der Waals surface area contributed by atoms with E-state index in [0.717, 1.165) is 28.3 Å². The minimum Gasteiger partial charge on any atom is -0.213 e. The maximum absolute atomic E-state index is 5.80. The van der Waals surface area contributed by atoms with Crippen molar-refractivity contribution in [2.45, 2.75) is 22.7 Å². The summed E-state index contributed by atoms with van der Waals surface area (Å²) in [6, 6.07) is 0. The SMILES string of the molecule is CCc1nsc(Sc2nsnc2Cl)n1. The van der Waals surface area contributed by atoms with E-state index in [0.29, 0.717) is 10.2 Å². The lowest BCUT2D eigenvalue weighted by molar-refractivity contribution is 0.971. The first-order chi connectivity index (χ1) is 6.79. The molecule has 0 atom stereocenters. The van der Waals surface area contributed by atoms with Crippen LogP contribution in [0.3, 0.4) is 0 Å². The summed E-state index contributed by atoms with van der Waals surface area (Å²) in [4.78, 5) is 4.29. The van der Waals surface area contributed by atoms with Crippen LogP contribution in [0.15, 0.2) is 9.37 Å². The predicted octanol–water partition coefficient (Wildman–Crippen LogP) is 2.76. The molecule has 2 aromatic rings. The molecule has 0 aliphatic heterocycles. The van der Waals surface area contributed by atoms with E-state index in [4.69, 9.17) is 11.6 Å². The van der Waals surface area contributed by atoms with Crippen molar-refractivity contribution in [1.82, 2.24) is 18.1 Å². The first-order valence-electron chi connectivity index (χ1n) is 3.78. The molecule has 0 fully saturated rings. The number of nitrogens with zero attached hydrogens (tertiary/aromatic N) is 4. The van der Waals surface area contributed by atoms with Gasteiger partial charge in [0.25, 0.3) is 0 Å². The molecular formula is C6H5ClN4S3. The molecule has 0 aromatic carbocycles. The molecule has 14 heavy (non-hydrogen) atoms. The Morgan fingerprint density at radius 2 is 2.21 bits per heavy atom. The number of aromatic nitrogens is 4. The fourth-order valence-electron chi connectivity index (χ4n) is 0.736. The molecule has 8 heteroatoms. The van der Waals surface area contributed by atoms with Gasteiger partial charge in [-0.1, -0.05) is 18.5 Å². The van der Waals surface area contributed by atoms with Crippen LogP contribution < -0.4 is 0 Å². The molecule has 0 aliphatic rings. The lowest BCUT2D eigenvalue weighted by Gasteiger charge is -1.88. The zero-order chi connectivity index (χ0) is 9.97. The fraction of sp³-hybridized carbons (Fsp3) is 0.333. The van der Waals surface area contributed by atoms with Crippen molar-refractivity contribution in [3.63, 3.8) is 0 Å². The smallest absolute Gasteiger partial charge is 0.177 e. The Morgan fingerprint density at radius 3 is 2.79 bits per heavy atom. The highest BCUT2D eigenvalue weighted by Crippen LogP contribution is 2.32. The molecule has 0 spiro atoms. The third-order valence-electron chi connectivity index (χ3n) is 1.37. The van der Waals surface area contributed by atoms with Crippen LogP contribution >= 0.6 is 46.6 Å². The van der Waals surface area contributed by atoms with Gasteiger partial charge in [-0.2, -0.15) is 13.1 Å². The van der Waals surface area contributed by atoms with E-state index in [1.54, 1.807) is 0 Å². The monoisotopic (exact) mass is 264 g/mol. The quantitative estimate of drug-likeness (QED) is 0.853. The van der Waals surface area contributed by atoms with Gasteiger partial charge in [0.05, 0.1) is 11.7 Å². The van der Waals surface area contributed by atoms with Crippen LogP contribution in [0.25, 0.3) is 0 Å². The van der Waals surface area contributed by atoms with E-state index in [9.17, 15) is 0 Å². The Balaban J connectivity index is 2.15. The molecule has 2 aromatic heterocycles. The number of aryl methyl sites for hydroxylation is 1. The van der Waals surface area contributed by atoms with Gasteiger partial charge in [0.2, 0.25) is 0 Å². The lowest BCUT2D eigenvalue weighted by atomic mass is 10.5. The van der Waals surface area contributed by atoms with Gasteiger partial charge >= 0.3 is 0 Å². The molecule has 0 unspecified atom stereocenters. The Labute approximate surface area is 98.2 Å². The summed E-state index contributed by atoms with van der Waals surface area (Å²) in [6.45, 7) is 2.02. The summed E-state index contributed by atoms with van der Waals surface area (Å²) < 4.78 is 12.9. The van der Waals surface area contributed by atoms with Crippen molar-refractivity contribution >= 4 is 46.6 Å². The zero-order valence-corrected chi connectivity index (χ0v) is 10.3. The van der Waals surface area contributed by atoms with E-state index in [1.165, 1.54) is 23.3 Å². The Bertz CT molecular complexity index is 426. The van der Waals surface area contributed by atoms with Crippen molar-refractivity contribution in [3.05, 3.63) is 11.0 Å². The maximum atomic E-state index is 5.80. The number of hydrogen-bond donors (Lipinski definition) is 0. The first-order valence-corrected chi connectivity index (χ1v) is 6.48. The number of hydrogen-bond acceptors (Lipinski definition) is 7. The molecular weight excluding hydrogens is 260 g/mol. The fourth-order valence-corrected chi connectivity index (χ4v) is 3.15. The highest BCUT2D eigenvalue weighted by molar-refractivity contribution is 8.01. The minimum atomic E-state index is 0.438. The van der Waals surface area contributed by atoms with Crippen LogP contribution in [-0.2, 0) is 6.42 Å². The second kappa shape index (κ2) is 4.52. The Morgan fingerprint density at radius 1 is 1.36 bits per heavy atom. The van der Waals surface area contributed by atoms with Crippen LogP contribution in [0.5, 0.6) is 0 Å². The molecule has 4 nitrogen and oxygen atoms in total. The summed E-state index contributed by atoms with van der Waals surface area (Å²) >= 11 is 9.67. The van der Waals surface area contributed by atoms with Gasteiger partial charge in [0.15, 0.2) is 14.5 Å². The Kier molecular flexibility index (Phi) is 3.32. The molecule has 2 rings (SSSR count). The molecule has 0 amide bonds. The predicted molar refractivity (Wildman–Crippen MR) is 58.3 cm³/mol. The number of rotatable bonds is 3. The lowest BCUT2D eigenvalue weighted by Crippen LogP contribution is -1.81. The van der Waals surface area contributed by atoms with E-state index < -0.39 is 0 Å². The van der Waals surface area contributed by atoms with Crippen LogP contribution in [-0.4, -0.2) is 18.1 Å². The summed E-state index contributed by atoms with van der Waals surface area (Å²) in [5.74, 6) is 0.858. The van der Waals surface area contributed by atoms with Crippen LogP contribution in [0.2, 0.25) is 5.15 Å². The topological polar surface area (TPSA) is 51.6 Å². The molecule has 0 bridgehead atoms. The van der Waals surface area contributed by atoms with Crippen molar-refractivity contribution in [3.8, 4) is 0 Å². The summed E-state index contributed by atoms with van der Waals surface area (Å²) in [6.07, 6.45) is 0.847. The normalized spacial score (nSPS) is 10.7. The second-order valence-electron chi connectivity index (χ2n) is 2.29. The van der Waals surface area contributed by atoms with Gasteiger partial charge in [-0.25, -0.2) is 4.98 Å².